The maximum atomic E-state index is 10.9. The summed E-state index contributed by atoms with van der Waals surface area (Å²) in [6, 6.07) is 0.00954. The summed E-state index contributed by atoms with van der Waals surface area (Å²) >= 11 is 0. The molecule has 0 spiro atoms. The zero-order chi connectivity index (χ0) is 8.97. The highest BCUT2D eigenvalue weighted by Gasteiger charge is 2.27. The Morgan fingerprint density at radius 1 is 1.58 bits per heavy atom. The van der Waals surface area contributed by atoms with Crippen molar-refractivity contribution in [1.29, 1.82) is 0 Å². The molecule has 1 aliphatic rings. The number of aliphatic hydroxyl groups is 1. The first-order valence-electron chi connectivity index (χ1n) is 4.37. The van der Waals surface area contributed by atoms with Crippen molar-refractivity contribution in [2.75, 3.05) is 13.7 Å². The molecule has 0 aromatic rings. The largest absolute Gasteiger partial charge is 0.396 e. The summed E-state index contributed by atoms with van der Waals surface area (Å²) in [5, 5.41) is 14.3. The van der Waals surface area contributed by atoms with Gasteiger partial charge in [-0.3, -0.25) is 0 Å². The normalized spacial score (nSPS) is 28.5. The molecular weight excluding hydrogens is 156 g/mol. The topological polar surface area (TPSA) is 61.4 Å². The van der Waals surface area contributed by atoms with Crippen LogP contribution in [-0.2, 0) is 0 Å². The van der Waals surface area contributed by atoms with Gasteiger partial charge < -0.3 is 15.7 Å². The van der Waals surface area contributed by atoms with E-state index in [0.717, 1.165) is 19.3 Å². The van der Waals surface area contributed by atoms with Gasteiger partial charge in [-0.25, -0.2) is 4.79 Å². The molecule has 0 radical (unpaired) electrons. The zero-order valence-electron chi connectivity index (χ0n) is 7.34. The van der Waals surface area contributed by atoms with E-state index in [9.17, 15) is 4.79 Å². The molecular formula is C8H16N2O2. The molecule has 0 unspecified atom stereocenters. The van der Waals surface area contributed by atoms with Gasteiger partial charge >= 0.3 is 6.03 Å². The van der Waals surface area contributed by atoms with Crippen molar-refractivity contribution in [1.82, 2.24) is 10.6 Å². The van der Waals surface area contributed by atoms with E-state index in [-0.39, 0.29) is 24.6 Å². The van der Waals surface area contributed by atoms with Crippen molar-refractivity contribution >= 4 is 6.03 Å². The molecule has 0 saturated heterocycles. The maximum Gasteiger partial charge on any atom is 0.314 e. The van der Waals surface area contributed by atoms with Crippen LogP contribution < -0.4 is 10.6 Å². The number of aliphatic hydroxyl groups excluding tert-OH is 1. The van der Waals surface area contributed by atoms with E-state index in [1.54, 1.807) is 7.05 Å². The monoisotopic (exact) mass is 172 g/mol. The number of carbonyl (C=O) groups excluding carboxylic acids is 1. The molecule has 3 N–H and O–H groups in total. The van der Waals surface area contributed by atoms with Crippen molar-refractivity contribution in [2.24, 2.45) is 5.92 Å². The molecule has 1 rings (SSSR count). The number of amides is 2. The Balaban J connectivity index is 2.35. The standard InChI is InChI=1S/C8H16N2O2/c1-9-8(12)10-7-4-2-3-6(7)5-11/h6-7,11H,2-5H2,1H3,(H2,9,10,12)/t6-,7-/m1/s1. The van der Waals surface area contributed by atoms with Gasteiger partial charge in [-0.1, -0.05) is 6.42 Å². The van der Waals surface area contributed by atoms with Crippen molar-refractivity contribution in [3.05, 3.63) is 0 Å². The summed E-state index contributed by atoms with van der Waals surface area (Å²) in [5.41, 5.74) is 0. The molecule has 1 saturated carbocycles. The third kappa shape index (κ3) is 2.11. The second kappa shape index (κ2) is 4.30. The summed E-state index contributed by atoms with van der Waals surface area (Å²) in [5.74, 6) is 0.252. The molecule has 4 heteroatoms. The highest BCUT2D eigenvalue weighted by atomic mass is 16.3. The van der Waals surface area contributed by atoms with Crippen LogP contribution in [-0.4, -0.2) is 30.8 Å². The molecule has 0 aromatic heterocycles. The molecule has 0 heterocycles. The van der Waals surface area contributed by atoms with E-state index < -0.39 is 0 Å². The Bertz CT molecular complexity index is 161. The predicted octanol–water partition coefficient (Wildman–Crippen LogP) is 0.0764. The average Bonchev–Trinajstić information content (AvgIpc) is 2.51. The second-order valence-corrected chi connectivity index (χ2v) is 3.20. The van der Waals surface area contributed by atoms with Gasteiger partial charge in [0, 0.05) is 25.6 Å². The number of hydrogen-bond donors (Lipinski definition) is 3. The average molecular weight is 172 g/mol. The summed E-state index contributed by atoms with van der Waals surface area (Å²) < 4.78 is 0. The van der Waals surface area contributed by atoms with Crippen LogP contribution in [0.3, 0.4) is 0 Å². The predicted molar refractivity (Wildman–Crippen MR) is 45.8 cm³/mol. The molecule has 0 aromatic carbocycles. The van der Waals surface area contributed by atoms with Crippen molar-refractivity contribution < 1.29 is 9.90 Å². The van der Waals surface area contributed by atoms with Gasteiger partial charge in [-0.2, -0.15) is 0 Å². The van der Waals surface area contributed by atoms with Gasteiger partial charge in [0.15, 0.2) is 0 Å². The van der Waals surface area contributed by atoms with E-state index in [1.807, 2.05) is 0 Å². The molecule has 12 heavy (non-hydrogen) atoms. The first-order chi connectivity index (χ1) is 5.77. The summed E-state index contributed by atoms with van der Waals surface area (Å²) in [6.45, 7) is 0.175. The van der Waals surface area contributed by atoms with Crippen LogP contribution in [0.2, 0.25) is 0 Å². The van der Waals surface area contributed by atoms with Gasteiger partial charge in [0.1, 0.15) is 0 Å². The quantitative estimate of drug-likeness (QED) is 0.552. The molecule has 2 atom stereocenters. The SMILES string of the molecule is CNC(=O)N[C@@H]1CCC[C@@H]1CO. The minimum Gasteiger partial charge on any atom is -0.396 e. The van der Waals surface area contributed by atoms with Crippen LogP contribution in [0.25, 0.3) is 0 Å². The molecule has 0 bridgehead atoms. The molecule has 0 aliphatic heterocycles. The van der Waals surface area contributed by atoms with Crippen LogP contribution in [0, 0.1) is 5.92 Å². The highest BCUT2D eigenvalue weighted by molar-refractivity contribution is 5.73. The van der Waals surface area contributed by atoms with Crippen molar-refractivity contribution in [2.45, 2.75) is 25.3 Å². The van der Waals surface area contributed by atoms with Crippen LogP contribution in [0.1, 0.15) is 19.3 Å². The van der Waals surface area contributed by atoms with Gasteiger partial charge in [-0.05, 0) is 12.8 Å². The zero-order valence-corrected chi connectivity index (χ0v) is 7.34. The number of rotatable bonds is 2. The number of carbonyl (C=O) groups is 1. The van der Waals surface area contributed by atoms with E-state index >= 15 is 0 Å². The number of hydrogen-bond acceptors (Lipinski definition) is 2. The highest BCUT2D eigenvalue weighted by Crippen LogP contribution is 2.24. The Kier molecular flexibility index (Phi) is 3.34. The fourth-order valence-corrected chi connectivity index (χ4v) is 1.69. The van der Waals surface area contributed by atoms with Crippen molar-refractivity contribution in [3.8, 4) is 0 Å². The first-order valence-corrected chi connectivity index (χ1v) is 4.37. The summed E-state index contributed by atoms with van der Waals surface area (Å²) in [7, 11) is 1.60. The molecule has 1 fully saturated rings. The fourth-order valence-electron chi connectivity index (χ4n) is 1.69. The lowest BCUT2D eigenvalue weighted by Crippen LogP contribution is -2.43. The van der Waals surface area contributed by atoms with E-state index in [4.69, 9.17) is 5.11 Å². The number of nitrogens with one attached hydrogen (secondary N) is 2. The minimum absolute atomic E-state index is 0.152. The summed E-state index contributed by atoms with van der Waals surface area (Å²) in [4.78, 5) is 10.9. The van der Waals surface area contributed by atoms with Crippen LogP contribution in [0.4, 0.5) is 4.79 Å². The van der Waals surface area contributed by atoms with Crippen LogP contribution in [0.15, 0.2) is 0 Å². The minimum atomic E-state index is -0.152. The van der Waals surface area contributed by atoms with Crippen LogP contribution >= 0.6 is 0 Å². The first kappa shape index (κ1) is 9.32. The lowest BCUT2D eigenvalue weighted by atomic mass is 10.1. The third-order valence-electron chi connectivity index (χ3n) is 2.44. The maximum absolute atomic E-state index is 10.9. The van der Waals surface area contributed by atoms with Gasteiger partial charge in [-0.15, -0.1) is 0 Å². The Morgan fingerprint density at radius 2 is 2.33 bits per heavy atom. The van der Waals surface area contributed by atoms with E-state index in [2.05, 4.69) is 10.6 Å². The van der Waals surface area contributed by atoms with E-state index in [0.29, 0.717) is 0 Å². The van der Waals surface area contributed by atoms with Gasteiger partial charge in [0.05, 0.1) is 0 Å². The molecule has 70 valence electrons. The Hall–Kier alpha value is -0.770. The second-order valence-electron chi connectivity index (χ2n) is 3.20. The molecule has 4 nitrogen and oxygen atoms in total. The molecule has 1 aliphatic carbocycles. The summed E-state index contributed by atoms with van der Waals surface area (Å²) in [6.07, 6.45) is 3.10. The van der Waals surface area contributed by atoms with Gasteiger partial charge in [0.2, 0.25) is 0 Å². The lowest BCUT2D eigenvalue weighted by molar-refractivity contribution is 0.200. The fraction of sp³-hybridized carbons (Fsp3) is 0.875. The molecule has 2 amide bonds. The number of urea groups is 1. The van der Waals surface area contributed by atoms with Crippen molar-refractivity contribution in [3.63, 3.8) is 0 Å². The smallest absolute Gasteiger partial charge is 0.314 e. The van der Waals surface area contributed by atoms with Gasteiger partial charge in [0.25, 0.3) is 0 Å². The van der Waals surface area contributed by atoms with E-state index in [1.165, 1.54) is 0 Å². The Morgan fingerprint density at radius 3 is 2.92 bits per heavy atom. The Labute approximate surface area is 72.3 Å². The lowest BCUT2D eigenvalue weighted by Gasteiger charge is -2.18. The van der Waals surface area contributed by atoms with Crippen LogP contribution in [0.5, 0.6) is 0 Å². The third-order valence-corrected chi connectivity index (χ3v) is 2.44.